The van der Waals surface area contributed by atoms with Crippen molar-refractivity contribution >= 4 is 29.3 Å². The van der Waals surface area contributed by atoms with Gasteiger partial charge in [0, 0.05) is 66.9 Å². The Morgan fingerprint density at radius 1 is 0.939 bits per heavy atom. The summed E-state index contributed by atoms with van der Waals surface area (Å²) < 4.78 is 45.8. The summed E-state index contributed by atoms with van der Waals surface area (Å²) in [6.07, 6.45) is 0.752. The van der Waals surface area contributed by atoms with E-state index in [1.165, 1.54) is 0 Å². The fourth-order valence-electron chi connectivity index (χ4n) is 7.91. The molecule has 11 heteroatoms. The summed E-state index contributed by atoms with van der Waals surface area (Å²) in [5.74, 6) is -0.519. The second kappa shape index (κ2) is 14.4. The number of halogens is 3. The van der Waals surface area contributed by atoms with Crippen LogP contribution in [0.15, 0.2) is 76.5 Å². The number of amides is 2. The highest BCUT2D eigenvalue weighted by molar-refractivity contribution is 7.99. The molecule has 0 radical (unpaired) electrons. The van der Waals surface area contributed by atoms with Crippen molar-refractivity contribution in [2.24, 2.45) is 0 Å². The minimum atomic E-state index is -4.51. The summed E-state index contributed by atoms with van der Waals surface area (Å²) in [5.41, 5.74) is 3.24. The van der Waals surface area contributed by atoms with Crippen LogP contribution < -0.4 is 10.2 Å². The van der Waals surface area contributed by atoms with Gasteiger partial charge < -0.3 is 19.9 Å². The lowest BCUT2D eigenvalue weighted by atomic mass is 9.70. The molecule has 0 saturated carbocycles. The van der Waals surface area contributed by atoms with Gasteiger partial charge in [-0.05, 0) is 86.0 Å². The molecule has 4 heterocycles. The summed E-state index contributed by atoms with van der Waals surface area (Å²) >= 11 is 1.55. The van der Waals surface area contributed by atoms with Crippen molar-refractivity contribution < 1.29 is 27.5 Å². The number of benzene rings is 3. The minimum absolute atomic E-state index is 0.0911. The first-order valence-corrected chi connectivity index (χ1v) is 18.3. The van der Waals surface area contributed by atoms with E-state index in [1.807, 2.05) is 53.4 Å². The van der Waals surface area contributed by atoms with Crippen molar-refractivity contribution in [1.82, 2.24) is 15.1 Å². The Labute approximate surface area is 290 Å². The number of alkyl halides is 3. The third kappa shape index (κ3) is 7.21. The molecule has 49 heavy (non-hydrogen) atoms. The molecule has 0 spiro atoms. The van der Waals surface area contributed by atoms with Gasteiger partial charge in [0.1, 0.15) is 12.0 Å². The van der Waals surface area contributed by atoms with Crippen LogP contribution in [-0.4, -0.2) is 92.9 Å². The summed E-state index contributed by atoms with van der Waals surface area (Å²) in [7, 11) is 0. The molecule has 7 rings (SSSR count). The molecule has 2 fully saturated rings. The predicted molar refractivity (Wildman–Crippen MR) is 184 cm³/mol. The summed E-state index contributed by atoms with van der Waals surface area (Å²) in [5, 5.41) is 2.25. The van der Waals surface area contributed by atoms with E-state index in [9.17, 15) is 22.8 Å². The van der Waals surface area contributed by atoms with Gasteiger partial charge in [-0.25, -0.2) is 0 Å². The first kappa shape index (κ1) is 33.9. The van der Waals surface area contributed by atoms with Gasteiger partial charge in [-0.1, -0.05) is 54.2 Å². The molecular formula is C38H43F3N4O3S. The van der Waals surface area contributed by atoms with Gasteiger partial charge in [-0.3, -0.25) is 14.5 Å². The average Bonchev–Trinajstić information content (AvgIpc) is 3.12. The topological polar surface area (TPSA) is 65.1 Å². The van der Waals surface area contributed by atoms with E-state index in [0.717, 1.165) is 109 Å². The second-order valence-electron chi connectivity index (χ2n) is 13.6. The lowest BCUT2D eigenvalue weighted by Gasteiger charge is -2.40. The predicted octanol–water partition coefficient (Wildman–Crippen LogP) is 6.29. The number of carbonyl (C=O) groups is 2. The largest absolute Gasteiger partial charge is 0.405 e. The number of carbonyl (C=O) groups excluding carboxylic acids is 2. The van der Waals surface area contributed by atoms with Crippen LogP contribution in [0.25, 0.3) is 0 Å². The summed E-state index contributed by atoms with van der Waals surface area (Å²) in [4.78, 5) is 35.9. The van der Waals surface area contributed by atoms with Crippen LogP contribution in [0.3, 0.4) is 0 Å². The van der Waals surface area contributed by atoms with Gasteiger partial charge >= 0.3 is 6.18 Å². The number of rotatable bonds is 9. The zero-order valence-corrected chi connectivity index (χ0v) is 28.5. The molecule has 260 valence electrons. The third-order valence-electron chi connectivity index (χ3n) is 10.5. The molecule has 4 aliphatic heterocycles. The Morgan fingerprint density at radius 3 is 2.33 bits per heavy atom. The number of anilines is 1. The molecule has 7 nitrogen and oxygen atoms in total. The molecule has 0 aromatic heterocycles. The van der Waals surface area contributed by atoms with Gasteiger partial charge in [0.05, 0.1) is 6.10 Å². The van der Waals surface area contributed by atoms with Crippen LogP contribution in [0.2, 0.25) is 0 Å². The second-order valence-corrected chi connectivity index (χ2v) is 14.6. The van der Waals surface area contributed by atoms with Gasteiger partial charge in [-0.2, -0.15) is 13.2 Å². The van der Waals surface area contributed by atoms with Crippen LogP contribution >= 0.6 is 11.8 Å². The number of ether oxygens (including phenoxy) is 1. The normalized spacial score (nSPS) is 20.7. The number of hydrogen-bond donors (Lipinski definition) is 1. The van der Waals surface area contributed by atoms with Crippen LogP contribution in [-0.2, 0) is 21.4 Å². The number of fused-ring (bicyclic) bond motifs is 3. The Hall–Kier alpha value is -3.54. The van der Waals surface area contributed by atoms with Crippen LogP contribution in [0.1, 0.15) is 59.2 Å². The van der Waals surface area contributed by atoms with E-state index in [-0.39, 0.29) is 12.0 Å². The van der Waals surface area contributed by atoms with Gasteiger partial charge in [0.15, 0.2) is 0 Å². The van der Waals surface area contributed by atoms with E-state index >= 15 is 0 Å². The lowest BCUT2D eigenvalue weighted by molar-refractivity contribution is -0.141. The molecule has 0 aliphatic carbocycles. The molecule has 3 aromatic rings. The van der Waals surface area contributed by atoms with E-state index in [1.54, 1.807) is 11.8 Å². The summed E-state index contributed by atoms with van der Waals surface area (Å²) in [6, 6.07) is 21.5. The zero-order chi connectivity index (χ0) is 34.0. The zero-order valence-electron chi connectivity index (χ0n) is 27.6. The number of nitrogens with zero attached hydrogens (tertiary/aromatic N) is 3. The quantitative estimate of drug-likeness (QED) is 0.285. The maximum absolute atomic E-state index is 13.9. The fourth-order valence-corrected chi connectivity index (χ4v) is 9.15. The molecule has 4 aliphatic rings. The Kier molecular flexibility index (Phi) is 9.95. The fraction of sp³-hybridized carbons (Fsp3) is 0.474. The monoisotopic (exact) mass is 692 g/mol. The highest BCUT2D eigenvalue weighted by Gasteiger charge is 2.47. The van der Waals surface area contributed by atoms with Crippen LogP contribution in [0.4, 0.5) is 18.9 Å². The van der Waals surface area contributed by atoms with Crippen molar-refractivity contribution in [1.29, 1.82) is 0 Å². The van der Waals surface area contributed by atoms with E-state index in [4.69, 9.17) is 4.74 Å². The average molecular weight is 693 g/mol. The third-order valence-corrected chi connectivity index (χ3v) is 11.6. The highest BCUT2D eigenvalue weighted by atomic mass is 32.2. The molecule has 2 amide bonds. The Morgan fingerprint density at radius 2 is 1.65 bits per heavy atom. The van der Waals surface area contributed by atoms with E-state index in [0.29, 0.717) is 19.4 Å². The maximum Gasteiger partial charge on any atom is 0.405 e. The highest BCUT2D eigenvalue weighted by Crippen LogP contribution is 2.51. The van der Waals surface area contributed by atoms with Gasteiger partial charge in [0.25, 0.3) is 5.91 Å². The standard InChI is InChI=1S/C38H43F3N4O3S/c39-38(40,41)26-42-36(47)37(31-9-1-3-11-33(31)49-34-12-4-2-10-32(34)37)16-7-17-43-19-21-44(22-20-43)28-14-13-27-15-18-45(35(46)30(27)24-28)25-29-8-5-6-23-48-29/h1-4,9-14,24,29H,5-8,15-23,25-26H2,(H,42,47). The molecule has 3 aromatic carbocycles. The van der Waals surface area contributed by atoms with Crippen molar-refractivity contribution in [2.75, 3.05) is 63.9 Å². The molecule has 1 N–H and O–H groups in total. The van der Waals surface area contributed by atoms with Crippen molar-refractivity contribution in [3.8, 4) is 0 Å². The van der Waals surface area contributed by atoms with E-state index < -0.39 is 24.0 Å². The van der Waals surface area contributed by atoms with Crippen molar-refractivity contribution in [3.05, 3.63) is 89.0 Å². The van der Waals surface area contributed by atoms with Gasteiger partial charge in [0.2, 0.25) is 5.91 Å². The van der Waals surface area contributed by atoms with Crippen molar-refractivity contribution in [3.63, 3.8) is 0 Å². The Balaban J connectivity index is 1.01. The number of piperazine rings is 1. The first-order chi connectivity index (χ1) is 23.7. The molecule has 2 saturated heterocycles. The lowest BCUT2D eigenvalue weighted by Crippen LogP contribution is -2.50. The number of hydrogen-bond acceptors (Lipinski definition) is 6. The van der Waals surface area contributed by atoms with E-state index in [2.05, 4.69) is 33.3 Å². The molecule has 1 atom stereocenters. The SMILES string of the molecule is O=C1c2cc(N3CCN(CCCC4(C(=O)NCC(F)(F)F)c5ccccc5Sc5ccccc54)CC3)ccc2CCN1CC1CCCCO1. The van der Waals surface area contributed by atoms with Crippen LogP contribution in [0.5, 0.6) is 0 Å². The van der Waals surface area contributed by atoms with Crippen LogP contribution in [0, 0.1) is 0 Å². The number of nitrogens with one attached hydrogen (secondary N) is 1. The van der Waals surface area contributed by atoms with Gasteiger partial charge in [-0.15, -0.1) is 0 Å². The molecular weight excluding hydrogens is 650 g/mol. The van der Waals surface area contributed by atoms with Crippen molar-refractivity contribution in [2.45, 2.75) is 66.0 Å². The maximum atomic E-state index is 13.9. The smallest absolute Gasteiger partial charge is 0.376 e. The molecule has 0 bridgehead atoms. The summed E-state index contributed by atoms with van der Waals surface area (Å²) in [6.45, 7) is 4.73. The molecule has 1 unspecified atom stereocenters. The minimum Gasteiger partial charge on any atom is -0.376 e. The Bertz CT molecular complexity index is 1620. The first-order valence-electron chi connectivity index (χ1n) is 17.4.